The highest BCUT2D eigenvalue weighted by molar-refractivity contribution is 7.85. The molecular formula is C13H17N3OS. The average molecular weight is 263 g/mol. The predicted octanol–water partition coefficient (Wildman–Crippen LogP) is 2.61. The van der Waals surface area contributed by atoms with Crippen molar-refractivity contribution >= 4 is 22.2 Å². The van der Waals surface area contributed by atoms with E-state index in [9.17, 15) is 4.21 Å². The lowest BCUT2D eigenvalue weighted by Gasteiger charge is -2.14. The summed E-state index contributed by atoms with van der Waals surface area (Å²) in [7, 11) is -1.25. The molecule has 0 amide bonds. The first-order valence-corrected chi connectivity index (χ1v) is 6.91. The fraction of sp³-hybridized carbons (Fsp3) is 0.385. The molecule has 0 aliphatic carbocycles. The Balaban J connectivity index is 2.46. The molecule has 0 spiro atoms. The third kappa shape index (κ3) is 2.51. The van der Waals surface area contributed by atoms with Gasteiger partial charge in [-0.2, -0.15) is 9.50 Å². The summed E-state index contributed by atoms with van der Waals surface area (Å²) in [5.74, 6) is 0. The van der Waals surface area contributed by atoms with E-state index in [0.717, 1.165) is 16.9 Å². The van der Waals surface area contributed by atoms with E-state index < -0.39 is 11.0 Å². The Hall–Kier alpha value is -1.49. The molecule has 1 atom stereocenters. The van der Waals surface area contributed by atoms with Gasteiger partial charge in [-0.1, -0.05) is 6.07 Å². The Bertz CT molecular complexity index is 622. The molecule has 0 saturated carbocycles. The summed E-state index contributed by atoms with van der Waals surface area (Å²) >= 11 is 0. The van der Waals surface area contributed by atoms with Crippen LogP contribution >= 0.6 is 0 Å². The number of aromatic nitrogens is 2. The molecule has 5 heteroatoms. The quantitative estimate of drug-likeness (QED) is 0.782. The van der Waals surface area contributed by atoms with E-state index in [0.29, 0.717) is 0 Å². The third-order valence-electron chi connectivity index (χ3n) is 2.54. The summed E-state index contributed by atoms with van der Waals surface area (Å²) in [6.07, 6.45) is 1.74. The topological polar surface area (TPSA) is 46.7 Å². The Kier molecular flexibility index (Phi) is 3.34. The number of hydrogen-bond acceptors (Lipinski definition) is 2. The molecule has 96 valence electrons. The molecule has 2 aromatic heterocycles. The van der Waals surface area contributed by atoms with Crippen LogP contribution in [0.4, 0.5) is 0 Å². The summed E-state index contributed by atoms with van der Waals surface area (Å²) in [6, 6.07) is 7.78. The van der Waals surface area contributed by atoms with Gasteiger partial charge in [-0.05, 0) is 45.9 Å². The molecule has 0 aromatic carbocycles. The Labute approximate surface area is 109 Å². The molecule has 1 unspecified atom stereocenters. The fourth-order valence-electron chi connectivity index (χ4n) is 1.53. The van der Waals surface area contributed by atoms with Crippen molar-refractivity contribution in [3.05, 3.63) is 36.2 Å². The monoisotopic (exact) mass is 263 g/mol. The summed E-state index contributed by atoms with van der Waals surface area (Å²) in [6.45, 7) is 7.59. The van der Waals surface area contributed by atoms with Crippen molar-refractivity contribution in [1.29, 1.82) is 0 Å². The maximum Gasteiger partial charge on any atom is 0.145 e. The maximum atomic E-state index is 12.0. The zero-order valence-corrected chi connectivity index (χ0v) is 11.9. The average Bonchev–Trinajstić information content (AvgIpc) is 2.74. The normalized spacial score (nSPS) is 15.0. The number of fused-ring (bicyclic) bond motifs is 1. The Morgan fingerprint density at radius 3 is 2.72 bits per heavy atom. The van der Waals surface area contributed by atoms with Crippen molar-refractivity contribution in [1.82, 2.24) is 9.61 Å². The first-order chi connectivity index (χ1) is 8.39. The van der Waals surface area contributed by atoms with Gasteiger partial charge in [0.05, 0.1) is 27.9 Å². The van der Waals surface area contributed by atoms with Crippen LogP contribution in [0.5, 0.6) is 0 Å². The van der Waals surface area contributed by atoms with E-state index in [4.69, 9.17) is 0 Å². The summed E-state index contributed by atoms with van der Waals surface area (Å²) in [4.78, 5) is 0. The highest BCUT2D eigenvalue weighted by Crippen LogP contribution is 2.14. The first-order valence-electron chi connectivity index (χ1n) is 5.80. The minimum atomic E-state index is -1.25. The van der Waals surface area contributed by atoms with Gasteiger partial charge in [0.1, 0.15) is 11.0 Å². The molecule has 0 aliphatic rings. The molecule has 0 radical (unpaired) electrons. The number of rotatable bonds is 2. The highest BCUT2D eigenvalue weighted by atomic mass is 32.2. The van der Waals surface area contributed by atoms with Crippen LogP contribution in [-0.4, -0.2) is 24.3 Å². The summed E-state index contributed by atoms with van der Waals surface area (Å²) < 4.78 is 17.7. The van der Waals surface area contributed by atoms with Gasteiger partial charge in [-0.25, -0.2) is 8.72 Å². The molecule has 2 rings (SSSR count). The standard InChI is InChI=1S/C13H17N3OS/c1-10(15-18(17)13(2,3)4)12-7-5-6-11-8-9-14-16(11)12/h5-9H,1-4H3/b15-10-. The van der Waals surface area contributed by atoms with E-state index in [-0.39, 0.29) is 4.75 Å². The Morgan fingerprint density at radius 1 is 1.33 bits per heavy atom. The van der Waals surface area contributed by atoms with E-state index in [1.54, 1.807) is 10.7 Å². The maximum absolute atomic E-state index is 12.0. The second-order valence-corrected chi connectivity index (χ2v) is 7.02. The lowest BCUT2D eigenvalue weighted by Crippen LogP contribution is -2.21. The van der Waals surface area contributed by atoms with Crippen molar-refractivity contribution < 1.29 is 4.21 Å². The molecule has 18 heavy (non-hydrogen) atoms. The van der Waals surface area contributed by atoms with Crippen LogP contribution in [0.2, 0.25) is 0 Å². The molecule has 2 heterocycles. The van der Waals surface area contributed by atoms with Crippen molar-refractivity contribution in [3.63, 3.8) is 0 Å². The van der Waals surface area contributed by atoms with Gasteiger partial charge < -0.3 is 0 Å². The largest absolute Gasteiger partial charge is 0.234 e. The second-order valence-electron chi connectivity index (χ2n) is 5.12. The highest BCUT2D eigenvalue weighted by Gasteiger charge is 2.19. The summed E-state index contributed by atoms with van der Waals surface area (Å²) in [5, 5.41) is 4.25. The molecule has 0 aliphatic heterocycles. The SMILES string of the molecule is C/C(=N/S(=O)C(C)(C)C)c1cccc2ccnn12. The molecular weight excluding hydrogens is 246 g/mol. The van der Waals surface area contributed by atoms with Gasteiger partial charge in [-0.15, -0.1) is 0 Å². The molecule has 0 bridgehead atoms. The molecule has 4 nitrogen and oxygen atoms in total. The summed E-state index contributed by atoms with van der Waals surface area (Å²) in [5.41, 5.74) is 2.61. The zero-order valence-electron chi connectivity index (χ0n) is 11.0. The van der Waals surface area contributed by atoms with Gasteiger partial charge in [0.2, 0.25) is 0 Å². The molecule has 0 N–H and O–H groups in total. The number of hydrogen-bond donors (Lipinski definition) is 0. The van der Waals surface area contributed by atoms with Crippen LogP contribution in [0.25, 0.3) is 5.52 Å². The van der Waals surface area contributed by atoms with Crippen molar-refractivity contribution in [2.24, 2.45) is 4.40 Å². The van der Waals surface area contributed by atoms with Gasteiger partial charge in [0.15, 0.2) is 0 Å². The van der Waals surface area contributed by atoms with Gasteiger partial charge in [0, 0.05) is 0 Å². The zero-order chi connectivity index (χ0) is 13.3. The molecule has 2 aromatic rings. The lowest BCUT2D eigenvalue weighted by molar-refractivity contribution is 0.650. The molecule has 0 saturated heterocycles. The van der Waals surface area contributed by atoms with Gasteiger partial charge in [-0.3, -0.25) is 0 Å². The van der Waals surface area contributed by atoms with Crippen LogP contribution in [0.1, 0.15) is 33.4 Å². The minimum Gasteiger partial charge on any atom is -0.234 e. The number of pyridine rings is 1. The van der Waals surface area contributed by atoms with E-state index in [2.05, 4.69) is 9.50 Å². The van der Waals surface area contributed by atoms with Crippen LogP contribution in [-0.2, 0) is 11.0 Å². The third-order valence-corrected chi connectivity index (χ3v) is 4.02. The predicted molar refractivity (Wildman–Crippen MR) is 75.3 cm³/mol. The first kappa shape index (κ1) is 13.0. The lowest BCUT2D eigenvalue weighted by atomic mass is 10.2. The smallest absolute Gasteiger partial charge is 0.145 e. The van der Waals surface area contributed by atoms with Crippen LogP contribution < -0.4 is 0 Å². The number of nitrogens with zero attached hydrogens (tertiary/aromatic N) is 3. The van der Waals surface area contributed by atoms with Gasteiger partial charge in [0.25, 0.3) is 0 Å². The van der Waals surface area contributed by atoms with E-state index in [1.165, 1.54) is 0 Å². The van der Waals surface area contributed by atoms with Crippen molar-refractivity contribution in [2.45, 2.75) is 32.4 Å². The minimum absolute atomic E-state index is 0.348. The second kappa shape index (κ2) is 4.65. The van der Waals surface area contributed by atoms with Crippen LogP contribution in [0.15, 0.2) is 34.9 Å². The Morgan fingerprint density at radius 2 is 2.06 bits per heavy atom. The van der Waals surface area contributed by atoms with E-state index in [1.807, 2.05) is 52.0 Å². The van der Waals surface area contributed by atoms with Crippen molar-refractivity contribution in [2.75, 3.05) is 0 Å². The molecule has 0 fully saturated rings. The van der Waals surface area contributed by atoms with E-state index >= 15 is 0 Å². The van der Waals surface area contributed by atoms with Crippen LogP contribution in [0, 0.1) is 0 Å². The van der Waals surface area contributed by atoms with Gasteiger partial charge >= 0.3 is 0 Å². The van der Waals surface area contributed by atoms with Crippen LogP contribution in [0.3, 0.4) is 0 Å². The van der Waals surface area contributed by atoms with Crippen molar-refractivity contribution in [3.8, 4) is 0 Å². The fourth-order valence-corrected chi connectivity index (χ4v) is 2.15.